The lowest BCUT2D eigenvalue weighted by molar-refractivity contribution is 0.102. The normalized spacial score (nSPS) is 11.3. The molecule has 2 N–H and O–H groups in total. The highest BCUT2D eigenvalue weighted by Crippen LogP contribution is 2.30. The number of hydrogen-bond donors (Lipinski definition) is 2. The molecule has 3 aromatic rings. The minimum Gasteiger partial charge on any atom is -0.506 e. The first kappa shape index (κ1) is 16.7. The van der Waals surface area contributed by atoms with Crippen LogP contribution in [0.3, 0.4) is 0 Å². The van der Waals surface area contributed by atoms with E-state index in [1.165, 1.54) is 11.0 Å². The first-order chi connectivity index (χ1) is 11.8. The number of nitrogens with one attached hydrogen (secondary N) is 1. The molecular weight excluding hydrogens is 316 g/mol. The summed E-state index contributed by atoms with van der Waals surface area (Å²) >= 11 is 0. The number of anilines is 1. The predicted octanol–water partition coefficient (Wildman–Crippen LogP) is 3.52. The maximum absolute atomic E-state index is 12.4. The van der Waals surface area contributed by atoms with Gasteiger partial charge in [0, 0.05) is 0 Å². The third-order valence-electron chi connectivity index (χ3n) is 3.82. The number of benzene rings is 2. The van der Waals surface area contributed by atoms with E-state index in [1.54, 1.807) is 12.1 Å². The zero-order valence-electron chi connectivity index (χ0n) is 14.4. The molecule has 0 saturated carbocycles. The molecule has 0 saturated heterocycles. The zero-order chi connectivity index (χ0) is 18.0. The quantitative estimate of drug-likeness (QED) is 0.717. The van der Waals surface area contributed by atoms with E-state index >= 15 is 0 Å². The molecule has 0 fully saturated rings. The Kier molecular flexibility index (Phi) is 4.27. The van der Waals surface area contributed by atoms with Crippen LogP contribution in [0.2, 0.25) is 0 Å². The van der Waals surface area contributed by atoms with Gasteiger partial charge in [-0.3, -0.25) is 4.79 Å². The topological polar surface area (TPSA) is 80.0 Å². The van der Waals surface area contributed by atoms with Gasteiger partial charge in [-0.2, -0.15) is 9.90 Å². The van der Waals surface area contributed by atoms with Crippen molar-refractivity contribution in [3.63, 3.8) is 0 Å². The number of carbonyl (C=O) groups is 1. The summed E-state index contributed by atoms with van der Waals surface area (Å²) in [5.41, 5.74) is 2.20. The highest BCUT2D eigenvalue weighted by atomic mass is 16.3. The average molecular weight is 336 g/mol. The molecule has 0 aliphatic carbocycles. The van der Waals surface area contributed by atoms with Gasteiger partial charge in [-0.15, -0.1) is 5.10 Å². The maximum atomic E-state index is 12.4. The number of rotatable bonds is 3. The van der Waals surface area contributed by atoms with E-state index in [4.69, 9.17) is 0 Å². The van der Waals surface area contributed by atoms with Crippen molar-refractivity contribution in [2.24, 2.45) is 0 Å². The molecule has 128 valence electrons. The minimum atomic E-state index is -0.427. The molecular formula is C19H20N4O2. The van der Waals surface area contributed by atoms with Gasteiger partial charge in [-0.25, -0.2) is 0 Å². The molecule has 0 bridgehead atoms. The molecule has 1 heterocycles. The monoisotopic (exact) mass is 336 g/mol. The first-order valence-electron chi connectivity index (χ1n) is 7.97. The summed E-state index contributed by atoms with van der Waals surface area (Å²) in [7, 11) is 0. The van der Waals surface area contributed by atoms with E-state index in [2.05, 4.69) is 36.3 Å². The van der Waals surface area contributed by atoms with Crippen LogP contribution in [0.25, 0.3) is 5.69 Å². The van der Waals surface area contributed by atoms with Crippen LogP contribution < -0.4 is 5.32 Å². The van der Waals surface area contributed by atoms with Crippen molar-refractivity contribution in [3.8, 4) is 11.4 Å². The van der Waals surface area contributed by atoms with Gasteiger partial charge >= 0.3 is 0 Å². The Bertz CT molecular complexity index is 895. The molecule has 3 rings (SSSR count). The van der Waals surface area contributed by atoms with Crippen molar-refractivity contribution in [1.82, 2.24) is 15.0 Å². The summed E-state index contributed by atoms with van der Waals surface area (Å²) in [6.07, 6.45) is 1.40. The summed E-state index contributed by atoms with van der Waals surface area (Å²) in [5.74, 6) is -0.416. The SMILES string of the molecule is CC(C)(C)c1ccc(O)c(NC(=O)c2cnn(-c3ccccc3)n2)c1. The van der Waals surface area contributed by atoms with Crippen LogP contribution in [-0.2, 0) is 5.41 Å². The molecule has 0 spiro atoms. The Balaban J connectivity index is 1.83. The third-order valence-corrected chi connectivity index (χ3v) is 3.82. The predicted molar refractivity (Wildman–Crippen MR) is 96.1 cm³/mol. The van der Waals surface area contributed by atoms with Gasteiger partial charge in [-0.1, -0.05) is 45.0 Å². The number of phenols is 1. The second-order valence-electron chi connectivity index (χ2n) is 6.79. The average Bonchev–Trinajstić information content (AvgIpc) is 3.07. The molecule has 1 aromatic heterocycles. The van der Waals surface area contributed by atoms with Crippen LogP contribution in [0.5, 0.6) is 5.75 Å². The third kappa shape index (κ3) is 3.68. The number of carbonyl (C=O) groups excluding carboxylic acids is 1. The van der Waals surface area contributed by atoms with Gasteiger partial charge in [0.1, 0.15) is 5.75 Å². The molecule has 6 heteroatoms. The lowest BCUT2D eigenvalue weighted by Crippen LogP contribution is -2.15. The number of nitrogens with zero attached hydrogens (tertiary/aromatic N) is 3. The van der Waals surface area contributed by atoms with Crippen LogP contribution in [0.1, 0.15) is 36.8 Å². The largest absolute Gasteiger partial charge is 0.506 e. The lowest BCUT2D eigenvalue weighted by atomic mass is 9.87. The number of aromatic nitrogens is 3. The highest BCUT2D eigenvalue weighted by molar-refractivity contribution is 6.03. The Hall–Kier alpha value is -3.15. The Morgan fingerprint density at radius 3 is 2.52 bits per heavy atom. The number of para-hydroxylation sites is 1. The molecule has 0 atom stereocenters. The number of hydrogen-bond acceptors (Lipinski definition) is 4. The molecule has 0 aliphatic heterocycles. The van der Waals surface area contributed by atoms with Gasteiger partial charge in [0.05, 0.1) is 17.6 Å². The standard InChI is InChI=1S/C19H20N4O2/c1-19(2,3)13-9-10-17(24)15(11-13)21-18(25)16-12-20-23(22-16)14-7-5-4-6-8-14/h4-12,24H,1-3H3,(H,21,25). The number of aromatic hydroxyl groups is 1. The van der Waals surface area contributed by atoms with Crippen molar-refractivity contribution in [3.05, 3.63) is 66.0 Å². The van der Waals surface area contributed by atoms with E-state index in [0.29, 0.717) is 5.69 Å². The Morgan fingerprint density at radius 2 is 1.84 bits per heavy atom. The summed E-state index contributed by atoms with van der Waals surface area (Å²) in [6.45, 7) is 6.20. The van der Waals surface area contributed by atoms with E-state index in [0.717, 1.165) is 11.3 Å². The first-order valence-corrected chi connectivity index (χ1v) is 7.97. The van der Waals surface area contributed by atoms with E-state index in [9.17, 15) is 9.90 Å². The van der Waals surface area contributed by atoms with Crippen molar-refractivity contribution in [2.45, 2.75) is 26.2 Å². The van der Waals surface area contributed by atoms with Crippen LogP contribution in [0.4, 0.5) is 5.69 Å². The summed E-state index contributed by atoms with van der Waals surface area (Å²) in [4.78, 5) is 13.8. The number of amides is 1. The van der Waals surface area contributed by atoms with Crippen LogP contribution in [0.15, 0.2) is 54.7 Å². The lowest BCUT2D eigenvalue weighted by Gasteiger charge is -2.20. The Labute approximate surface area is 146 Å². The van der Waals surface area contributed by atoms with Crippen molar-refractivity contribution in [2.75, 3.05) is 5.32 Å². The fourth-order valence-corrected chi connectivity index (χ4v) is 2.34. The highest BCUT2D eigenvalue weighted by Gasteiger charge is 2.18. The van der Waals surface area contributed by atoms with E-state index in [-0.39, 0.29) is 16.9 Å². The van der Waals surface area contributed by atoms with Crippen LogP contribution >= 0.6 is 0 Å². The smallest absolute Gasteiger partial charge is 0.277 e. The van der Waals surface area contributed by atoms with Crippen molar-refractivity contribution >= 4 is 11.6 Å². The van der Waals surface area contributed by atoms with Crippen LogP contribution in [-0.4, -0.2) is 26.0 Å². The Morgan fingerprint density at radius 1 is 1.12 bits per heavy atom. The molecule has 0 unspecified atom stereocenters. The van der Waals surface area contributed by atoms with Gasteiger partial charge in [0.15, 0.2) is 5.69 Å². The molecule has 0 aliphatic rings. The fourth-order valence-electron chi connectivity index (χ4n) is 2.34. The maximum Gasteiger partial charge on any atom is 0.277 e. The molecule has 1 amide bonds. The van der Waals surface area contributed by atoms with Crippen molar-refractivity contribution in [1.29, 1.82) is 0 Å². The van der Waals surface area contributed by atoms with E-state index < -0.39 is 5.91 Å². The second-order valence-corrected chi connectivity index (χ2v) is 6.79. The van der Waals surface area contributed by atoms with Gasteiger partial charge < -0.3 is 10.4 Å². The second kappa shape index (κ2) is 6.39. The van der Waals surface area contributed by atoms with Crippen molar-refractivity contribution < 1.29 is 9.90 Å². The van der Waals surface area contributed by atoms with Gasteiger partial charge in [0.25, 0.3) is 5.91 Å². The molecule has 2 aromatic carbocycles. The van der Waals surface area contributed by atoms with Crippen LogP contribution in [0, 0.1) is 0 Å². The van der Waals surface area contributed by atoms with E-state index in [1.807, 2.05) is 36.4 Å². The van der Waals surface area contributed by atoms with Gasteiger partial charge in [-0.05, 0) is 35.2 Å². The summed E-state index contributed by atoms with van der Waals surface area (Å²) in [5, 5.41) is 21.0. The summed E-state index contributed by atoms with van der Waals surface area (Å²) < 4.78 is 0. The number of phenolic OH excluding ortho intramolecular Hbond substituents is 1. The molecule has 6 nitrogen and oxygen atoms in total. The zero-order valence-corrected chi connectivity index (χ0v) is 14.4. The minimum absolute atomic E-state index is 0.0109. The van der Waals surface area contributed by atoms with Gasteiger partial charge in [0.2, 0.25) is 0 Å². The summed E-state index contributed by atoms with van der Waals surface area (Å²) in [6, 6.07) is 14.5. The fraction of sp³-hybridized carbons (Fsp3) is 0.211. The molecule has 25 heavy (non-hydrogen) atoms. The molecule has 0 radical (unpaired) electrons.